The lowest BCUT2D eigenvalue weighted by molar-refractivity contribution is -0.0691. The molecular formula is C36H42N8O. The Hall–Kier alpha value is -4.31. The van der Waals surface area contributed by atoms with Gasteiger partial charge < -0.3 is 26.0 Å². The molecule has 3 fully saturated rings. The van der Waals surface area contributed by atoms with E-state index in [1.165, 1.54) is 17.7 Å². The van der Waals surface area contributed by atoms with Gasteiger partial charge in [-0.25, -0.2) is 9.97 Å². The number of anilines is 4. The summed E-state index contributed by atoms with van der Waals surface area (Å²) >= 11 is 0. The van der Waals surface area contributed by atoms with E-state index in [1.54, 1.807) is 12.4 Å². The topological polar surface area (TPSA) is 109 Å². The second-order valence-corrected chi connectivity index (χ2v) is 12.7. The largest absolute Gasteiger partial charge is 0.383 e. The van der Waals surface area contributed by atoms with Gasteiger partial charge in [0.25, 0.3) is 0 Å². The summed E-state index contributed by atoms with van der Waals surface area (Å²) in [6.07, 6.45) is 6.69. The molecule has 232 valence electrons. The number of benzene rings is 2. The first-order valence-electron chi connectivity index (χ1n) is 16.0. The van der Waals surface area contributed by atoms with Crippen LogP contribution in [0.4, 0.5) is 28.7 Å². The number of rotatable bonds is 8. The van der Waals surface area contributed by atoms with Crippen molar-refractivity contribution in [3.05, 3.63) is 90.1 Å². The van der Waals surface area contributed by atoms with E-state index in [1.807, 2.05) is 31.3 Å². The van der Waals surface area contributed by atoms with E-state index in [-0.39, 0.29) is 5.54 Å². The average molecular weight is 603 g/mol. The summed E-state index contributed by atoms with van der Waals surface area (Å²) in [5.74, 6) is 1.19. The number of hydrogen-bond donors (Lipinski definition) is 2. The number of nitrogens with zero attached hydrogens (tertiary/aromatic N) is 6. The van der Waals surface area contributed by atoms with Crippen LogP contribution in [0.5, 0.6) is 0 Å². The molecule has 3 aliphatic rings. The van der Waals surface area contributed by atoms with Gasteiger partial charge in [-0.2, -0.15) is 0 Å². The molecule has 9 heteroatoms. The van der Waals surface area contributed by atoms with E-state index < -0.39 is 0 Å². The van der Waals surface area contributed by atoms with Crippen LogP contribution in [-0.2, 0) is 10.3 Å². The van der Waals surface area contributed by atoms with Crippen LogP contribution in [0.25, 0.3) is 11.3 Å². The van der Waals surface area contributed by atoms with Gasteiger partial charge >= 0.3 is 0 Å². The lowest BCUT2D eigenvalue weighted by atomic mass is 9.73. The molecule has 2 aromatic heterocycles. The molecule has 4 aromatic rings. The van der Waals surface area contributed by atoms with Gasteiger partial charge in [0.2, 0.25) is 0 Å². The predicted octanol–water partition coefficient (Wildman–Crippen LogP) is 5.49. The predicted molar refractivity (Wildman–Crippen MR) is 183 cm³/mol. The minimum Gasteiger partial charge on any atom is -0.383 e. The molecule has 0 amide bonds. The maximum absolute atomic E-state index is 6.61. The molecule has 9 nitrogen and oxygen atoms in total. The van der Waals surface area contributed by atoms with Crippen LogP contribution < -0.4 is 21.3 Å². The minimum atomic E-state index is -0.199. The molecule has 2 aliphatic heterocycles. The van der Waals surface area contributed by atoms with Crippen molar-refractivity contribution in [1.29, 1.82) is 0 Å². The van der Waals surface area contributed by atoms with Gasteiger partial charge in [-0.05, 0) is 80.3 Å². The van der Waals surface area contributed by atoms with Crippen molar-refractivity contribution >= 4 is 34.9 Å². The maximum atomic E-state index is 6.61. The fourth-order valence-corrected chi connectivity index (χ4v) is 6.59. The van der Waals surface area contributed by atoms with Gasteiger partial charge in [0.1, 0.15) is 11.5 Å². The van der Waals surface area contributed by atoms with E-state index in [4.69, 9.17) is 26.2 Å². The molecule has 4 N–H and O–H groups in total. The lowest BCUT2D eigenvalue weighted by Crippen LogP contribution is -2.59. The fraction of sp³-hybridized carbons (Fsp3) is 0.361. The highest BCUT2D eigenvalue weighted by Crippen LogP contribution is 2.40. The molecule has 0 radical (unpaired) electrons. The monoisotopic (exact) mass is 602 g/mol. The molecule has 1 aliphatic carbocycles. The minimum absolute atomic E-state index is 0.199. The first-order valence-corrected chi connectivity index (χ1v) is 16.0. The summed E-state index contributed by atoms with van der Waals surface area (Å²) in [6, 6.07) is 26.1. The number of nitrogen functional groups attached to an aromatic ring is 1. The highest BCUT2D eigenvalue weighted by Gasteiger charge is 2.34. The van der Waals surface area contributed by atoms with Crippen molar-refractivity contribution in [2.45, 2.75) is 43.8 Å². The van der Waals surface area contributed by atoms with Crippen LogP contribution >= 0.6 is 0 Å². The van der Waals surface area contributed by atoms with Gasteiger partial charge in [-0.3, -0.25) is 9.89 Å². The van der Waals surface area contributed by atoms with Gasteiger partial charge in [-0.15, -0.1) is 0 Å². The summed E-state index contributed by atoms with van der Waals surface area (Å²) in [4.78, 5) is 21.4. The van der Waals surface area contributed by atoms with Crippen molar-refractivity contribution in [3.8, 4) is 11.3 Å². The standard InChI is InChI=1S/C36H42N8O/c1-25-22-43(31-23-45-24-31)18-19-44(25)30-8-3-6-26(20-30)32-13-14-33(40-21-27-7-4-17-39-34(27)37)35(41-32)42(2)29-11-9-28(10-12-29)36(38)15-5-16-36/h3-4,6-14,17,20-21,25,31H,5,15-16,18-19,22-24,38H2,1-2H3,(H2,37,39)/b40-21+. The van der Waals surface area contributed by atoms with E-state index in [2.05, 4.69) is 75.1 Å². The maximum Gasteiger partial charge on any atom is 0.159 e. The Balaban J connectivity index is 1.20. The van der Waals surface area contributed by atoms with Crippen LogP contribution in [0.2, 0.25) is 0 Å². The molecule has 1 unspecified atom stereocenters. The first kappa shape index (κ1) is 29.4. The fourth-order valence-electron chi connectivity index (χ4n) is 6.59. The van der Waals surface area contributed by atoms with Crippen LogP contribution in [0, 0.1) is 0 Å². The van der Waals surface area contributed by atoms with Crippen molar-refractivity contribution in [2.24, 2.45) is 10.7 Å². The highest BCUT2D eigenvalue weighted by atomic mass is 16.5. The molecule has 0 spiro atoms. The van der Waals surface area contributed by atoms with Crippen LogP contribution in [0.1, 0.15) is 37.3 Å². The Labute approximate surface area is 265 Å². The second kappa shape index (κ2) is 12.2. The van der Waals surface area contributed by atoms with Crippen LogP contribution in [0.3, 0.4) is 0 Å². The number of aliphatic imine (C=N–C) groups is 1. The zero-order valence-electron chi connectivity index (χ0n) is 26.1. The third-order valence-electron chi connectivity index (χ3n) is 9.73. The number of piperazine rings is 1. The smallest absolute Gasteiger partial charge is 0.159 e. The van der Waals surface area contributed by atoms with Gasteiger partial charge in [0, 0.05) is 73.2 Å². The highest BCUT2D eigenvalue weighted by molar-refractivity contribution is 5.89. The summed E-state index contributed by atoms with van der Waals surface area (Å²) in [6.45, 7) is 7.12. The third-order valence-corrected chi connectivity index (χ3v) is 9.73. The number of nitrogens with two attached hydrogens (primary N) is 2. The number of ether oxygens (including phenoxy) is 1. The molecule has 1 saturated carbocycles. The molecule has 4 heterocycles. The average Bonchev–Trinajstić information content (AvgIpc) is 3.02. The first-order chi connectivity index (χ1) is 21.9. The quantitative estimate of drug-likeness (QED) is 0.255. The SMILES string of the molecule is CC1CN(C2COC2)CCN1c1cccc(-c2ccc(/N=C/c3cccnc3N)c(N(C)c3ccc(C4(N)CCC4)cc3)n2)c1. The van der Waals surface area contributed by atoms with E-state index in [9.17, 15) is 0 Å². The Kier molecular flexibility index (Phi) is 7.99. The third kappa shape index (κ3) is 5.91. The molecule has 1 atom stereocenters. The summed E-state index contributed by atoms with van der Waals surface area (Å²) < 4.78 is 5.44. The van der Waals surface area contributed by atoms with E-state index >= 15 is 0 Å². The number of hydrogen-bond acceptors (Lipinski definition) is 9. The summed E-state index contributed by atoms with van der Waals surface area (Å²) in [5, 5.41) is 0. The van der Waals surface area contributed by atoms with Crippen molar-refractivity contribution in [1.82, 2.24) is 14.9 Å². The summed E-state index contributed by atoms with van der Waals surface area (Å²) in [7, 11) is 2.03. The molecule has 0 bridgehead atoms. The normalized spacial score (nSPS) is 20.2. The Morgan fingerprint density at radius 3 is 2.53 bits per heavy atom. The molecule has 45 heavy (non-hydrogen) atoms. The van der Waals surface area contributed by atoms with E-state index in [0.717, 1.165) is 79.7 Å². The van der Waals surface area contributed by atoms with Crippen molar-refractivity contribution < 1.29 is 4.74 Å². The number of aromatic nitrogens is 2. The number of pyridine rings is 2. The Morgan fingerprint density at radius 1 is 1.02 bits per heavy atom. The summed E-state index contributed by atoms with van der Waals surface area (Å²) in [5.41, 5.74) is 19.4. The van der Waals surface area contributed by atoms with Crippen LogP contribution in [0.15, 0.2) is 84.0 Å². The lowest BCUT2D eigenvalue weighted by Gasteiger charge is -2.46. The second-order valence-electron chi connectivity index (χ2n) is 12.7. The van der Waals surface area contributed by atoms with Gasteiger partial charge in [0.05, 0.1) is 24.9 Å². The van der Waals surface area contributed by atoms with E-state index in [0.29, 0.717) is 17.9 Å². The van der Waals surface area contributed by atoms with Crippen molar-refractivity contribution in [3.63, 3.8) is 0 Å². The van der Waals surface area contributed by atoms with Crippen molar-refractivity contribution in [2.75, 3.05) is 55.4 Å². The van der Waals surface area contributed by atoms with Gasteiger partial charge in [-0.1, -0.05) is 24.3 Å². The molecule has 7 rings (SSSR count). The van der Waals surface area contributed by atoms with Gasteiger partial charge in [0.15, 0.2) is 5.82 Å². The Morgan fingerprint density at radius 2 is 1.84 bits per heavy atom. The zero-order valence-corrected chi connectivity index (χ0v) is 26.1. The molecular weight excluding hydrogens is 560 g/mol. The Bertz CT molecular complexity index is 1680. The molecule has 2 saturated heterocycles. The van der Waals surface area contributed by atoms with Crippen LogP contribution in [-0.4, -0.2) is 73.1 Å². The molecule has 2 aromatic carbocycles. The zero-order chi connectivity index (χ0) is 31.0.